The molecule has 0 radical (unpaired) electrons. The summed E-state index contributed by atoms with van der Waals surface area (Å²) in [6.45, 7) is 9.91. The number of ether oxygens (including phenoxy) is 1. The lowest BCUT2D eigenvalue weighted by molar-refractivity contribution is -0.143. The van der Waals surface area contributed by atoms with Crippen LogP contribution in [-0.4, -0.2) is 12.6 Å². The van der Waals surface area contributed by atoms with E-state index in [4.69, 9.17) is 4.74 Å². The Balaban J connectivity index is 4.32. The zero-order valence-electron chi connectivity index (χ0n) is 34.0. The molecule has 0 aromatic carbocycles. The van der Waals surface area contributed by atoms with Gasteiger partial charge in [-0.15, -0.1) is 0 Å². The molecular weight excluding hydrogens is 585 g/mol. The molecule has 0 bridgehead atoms. The zero-order chi connectivity index (χ0) is 35.0. The SMILES string of the molecule is CCCCCCCCCCC(CCCCCCCC)C(CCCCCC)CCCCCCCCCCC(=O)OCCCCCCCCC. The van der Waals surface area contributed by atoms with E-state index in [-0.39, 0.29) is 5.97 Å². The lowest BCUT2D eigenvalue weighted by Crippen LogP contribution is -2.16. The van der Waals surface area contributed by atoms with Gasteiger partial charge in [-0.2, -0.15) is 0 Å². The summed E-state index contributed by atoms with van der Waals surface area (Å²) in [5.74, 6) is 2.00. The fraction of sp³-hybridized carbons (Fsp3) is 0.978. The Morgan fingerprint density at radius 2 is 0.583 bits per heavy atom. The third kappa shape index (κ3) is 35.3. The van der Waals surface area contributed by atoms with Crippen LogP contribution in [0.5, 0.6) is 0 Å². The van der Waals surface area contributed by atoms with Crippen LogP contribution in [0.3, 0.4) is 0 Å². The van der Waals surface area contributed by atoms with Crippen molar-refractivity contribution < 1.29 is 9.53 Å². The molecule has 0 saturated carbocycles. The summed E-state index contributed by atoms with van der Waals surface area (Å²) < 4.78 is 5.47. The Labute approximate surface area is 304 Å². The monoisotopic (exact) mass is 677 g/mol. The summed E-state index contributed by atoms with van der Waals surface area (Å²) in [6.07, 6.45) is 51.9. The molecule has 48 heavy (non-hydrogen) atoms. The third-order valence-corrected chi connectivity index (χ3v) is 11.2. The van der Waals surface area contributed by atoms with E-state index in [1.54, 1.807) is 0 Å². The molecule has 0 heterocycles. The molecule has 2 heteroatoms. The summed E-state index contributed by atoms with van der Waals surface area (Å²) >= 11 is 0. The number of carbonyl (C=O) groups excluding carboxylic acids is 1. The topological polar surface area (TPSA) is 26.3 Å². The number of hydrogen-bond donors (Lipinski definition) is 0. The van der Waals surface area contributed by atoms with Crippen LogP contribution in [0.4, 0.5) is 0 Å². The number of rotatable bonds is 41. The second kappa shape index (κ2) is 40.9. The van der Waals surface area contributed by atoms with Crippen LogP contribution in [0.1, 0.15) is 272 Å². The van der Waals surface area contributed by atoms with Gasteiger partial charge in [0.15, 0.2) is 0 Å². The Hall–Kier alpha value is -0.530. The second-order valence-electron chi connectivity index (χ2n) is 15.9. The molecule has 0 spiro atoms. The molecule has 2 nitrogen and oxygen atoms in total. The lowest BCUT2D eigenvalue weighted by atomic mass is 9.78. The van der Waals surface area contributed by atoms with Crippen molar-refractivity contribution in [2.45, 2.75) is 272 Å². The standard InChI is InChI=1S/C46H92O2/c1-5-9-13-17-20-23-28-34-41-45(39-33-27-19-15-11-7-3)44(38-32-16-12-8-4)40-35-29-24-21-22-25-30-36-42-46(47)48-43-37-31-26-18-14-10-6-2/h44-45H,5-43H2,1-4H3. The Morgan fingerprint density at radius 1 is 0.333 bits per heavy atom. The maximum absolute atomic E-state index is 12.0. The average Bonchev–Trinajstić information content (AvgIpc) is 3.09. The molecule has 2 unspecified atom stereocenters. The lowest BCUT2D eigenvalue weighted by Gasteiger charge is -2.28. The van der Waals surface area contributed by atoms with Crippen molar-refractivity contribution in [3.8, 4) is 0 Å². The van der Waals surface area contributed by atoms with Gasteiger partial charge in [0.05, 0.1) is 6.61 Å². The van der Waals surface area contributed by atoms with Crippen molar-refractivity contribution in [2.24, 2.45) is 11.8 Å². The highest BCUT2D eigenvalue weighted by Crippen LogP contribution is 2.33. The van der Waals surface area contributed by atoms with E-state index in [1.165, 1.54) is 225 Å². The fourth-order valence-electron chi connectivity index (χ4n) is 7.85. The van der Waals surface area contributed by atoms with Gasteiger partial charge in [-0.05, 0) is 24.7 Å². The van der Waals surface area contributed by atoms with Gasteiger partial charge >= 0.3 is 5.97 Å². The van der Waals surface area contributed by atoms with Crippen LogP contribution in [-0.2, 0) is 9.53 Å². The maximum atomic E-state index is 12.0. The zero-order valence-corrected chi connectivity index (χ0v) is 34.0. The van der Waals surface area contributed by atoms with Crippen LogP contribution < -0.4 is 0 Å². The Kier molecular flexibility index (Phi) is 40.4. The molecule has 288 valence electrons. The smallest absolute Gasteiger partial charge is 0.305 e. The van der Waals surface area contributed by atoms with Crippen molar-refractivity contribution in [1.82, 2.24) is 0 Å². The van der Waals surface area contributed by atoms with Crippen molar-refractivity contribution in [1.29, 1.82) is 0 Å². The van der Waals surface area contributed by atoms with E-state index in [0.717, 1.165) is 24.7 Å². The van der Waals surface area contributed by atoms with E-state index in [1.807, 2.05) is 0 Å². The molecule has 0 N–H and O–H groups in total. The van der Waals surface area contributed by atoms with Crippen LogP contribution in [0, 0.1) is 11.8 Å². The van der Waals surface area contributed by atoms with Crippen molar-refractivity contribution in [3.05, 3.63) is 0 Å². The van der Waals surface area contributed by atoms with Gasteiger partial charge in [-0.3, -0.25) is 4.79 Å². The van der Waals surface area contributed by atoms with Gasteiger partial charge < -0.3 is 4.74 Å². The number of hydrogen-bond acceptors (Lipinski definition) is 2. The highest BCUT2D eigenvalue weighted by atomic mass is 16.5. The van der Waals surface area contributed by atoms with Gasteiger partial charge in [-0.25, -0.2) is 0 Å². The number of carbonyl (C=O) groups is 1. The molecule has 2 atom stereocenters. The first-order valence-electron chi connectivity index (χ1n) is 22.8. The summed E-state index contributed by atoms with van der Waals surface area (Å²) in [5, 5.41) is 0. The quantitative estimate of drug-likeness (QED) is 0.0476. The number of esters is 1. The molecule has 0 saturated heterocycles. The van der Waals surface area contributed by atoms with E-state index in [0.29, 0.717) is 13.0 Å². The van der Waals surface area contributed by atoms with E-state index >= 15 is 0 Å². The molecule has 0 aliphatic heterocycles. The first-order valence-corrected chi connectivity index (χ1v) is 22.8. The van der Waals surface area contributed by atoms with Crippen molar-refractivity contribution in [2.75, 3.05) is 6.61 Å². The van der Waals surface area contributed by atoms with Gasteiger partial charge in [0.2, 0.25) is 0 Å². The summed E-state index contributed by atoms with van der Waals surface area (Å²) in [6, 6.07) is 0. The molecule has 0 aliphatic rings. The normalized spacial score (nSPS) is 12.8. The molecule has 0 aromatic heterocycles. The van der Waals surface area contributed by atoms with Crippen molar-refractivity contribution in [3.63, 3.8) is 0 Å². The molecule has 0 fully saturated rings. The molecule has 0 aromatic rings. The highest BCUT2D eigenvalue weighted by molar-refractivity contribution is 5.69. The summed E-state index contributed by atoms with van der Waals surface area (Å²) in [5.41, 5.74) is 0. The van der Waals surface area contributed by atoms with Crippen LogP contribution in [0.15, 0.2) is 0 Å². The van der Waals surface area contributed by atoms with E-state index in [9.17, 15) is 4.79 Å². The Bertz CT molecular complexity index is 601. The molecule has 0 aliphatic carbocycles. The second-order valence-corrected chi connectivity index (χ2v) is 15.9. The van der Waals surface area contributed by atoms with Gasteiger partial charge in [0.1, 0.15) is 0 Å². The van der Waals surface area contributed by atoms with E-state index in [2.05, 4.69) is 27.7 Å². The first kappa shape index (κ1) is 47.5. The van der Waals surface area contributed by atoms with Gasteiger partial charge in [0.25, 0.3) is 0 Å². The molecule has 0 amide bonds. The van der Waals surface area contributed by atoms with Gasteiger partial charge in [0, 0.05) is 6.42 Å². The van der Waals surface area contributed by atoms with Crippen LogP contribution >= 0.6 is 0 Å². The summed E-state index contributed by atoms with van der Waals surface area (Å²) in [7, 11) is 0. The fourth-order valence-corrected chi connectivity index (χ4v) is 7.85. The van der Waals surface area contributed by atoms with E-state index < -0.39 is 0 Å². The largest absolute Gasteiger partial charge is 0.466 e. The predicted octanol–water partition coefficient (Wildman–Crippen LogP) is 16.7. The minimum Gasteiger partial charge on any atom is -0.466 e. The predicted molar refractivity (Wildman–Crippen MR) is 216 cm³/mol. The van der Waals surface area contributed by atoms with Crippen LogP contribution in [0.25, 0.3) is 0 Å². The maximum Gasteiger partial charge on any atom is 0.305 e. The average molecular weight is 677 g/mol. The molecular formula is C46H92O2. The third-order valence-electron chi connectivity index (χ3n) is 11.2. The minimum absolute atomic E-state index is 0.0300. The molecule has 0 rings (SSSR count). The van der Waals surface area contributed by atoms with Gasteiger partial charge in [-0.1, -0.05) is 252 Å². The van der Waals surface area contributed by atoms with Crippen LogP contribution in [0.2, 0.25) is 0 Å². The Morgan fingerprint density at radius 3 is 0.917 bits per heavy atom. The first-order chi connectivity index (χ1) is 23.7. The highest BCUT2D eigenvalue weighted by Gasteiger charge is 2.20. The number of unbranched alkanes of at least 4 members (excludes halogenated alkanes) is 28. The van der Waals surface area contributed by atoms with Crippen molar-refractivity contribution >= 4 is 5.97 Å². The summed E-state index contributed by atoms with van der Waals surface area (Å²) in [4.78, 5) is 12.0. The minimum atomic E-state index is 0.0300.